The molecular weight excluding hydrogens is 273 g/mol. The van der Waals surface area contributed by atoms with Gasteiger partial charge in [0.25, 0.3) is 5.91 Å². The van der Waals surface area contributed by atoms with Crippen molar-refractivity contribution in [1.82, 2.24) is 5.32 Å². The second kappa shape index (κ2) is 7.19. The summed E-state index contributed by atoms with van der Waals surface area (Å²) in [5, 5.41) is 2.65. The van der Waals surface area contributed by atoms with Crippen molar-refractivity contribution in [3.05, 3.63) is 65.5 Å². The maximum Gasteiger partial charge on any atom is 0.258 e. The summed E-state index contributed by atoms with van der Waals surface area (Å²) in [6, 6.07) is 12.5. The van der Waals surface area contributed by atoms with Crippen LogP contribution < -0.4 is 10.1 Å². The molecule has 0 radical (unpaired) electrons. The highest BCUT2D eigenvalue weighted by Gasteiger charge is 2.06. The molecule has 0 aliphatic rings. The van der Waals surface area contributed by atoms with Crippen molar-refractivity contribution in [2.24, 2.45) is 0 Å². The predicted molar refractivity (Wildman–Crippen MR) is 75.6 cm³/mol. The number of ether oxygens (including phenoxy) is 1. The van der Waals surface area contributed by atoms with Crippen molar-refractivity contribution >= 4 is 12.2 Å². The highest BCUT2D eigenvalue weighted by atomic mass is 19.1. The van der Waals surface area contributed by atoms with Crippen LogP contribution in [0.5, 0.6) is 5.75 Å². The lowest BCUT2D eigenvalue weighted by molar-refractivity contribution is -0.123. The Morgan fingerprint density at radius 2 is 1.86 bits per heavy atom. The zero-order valence-electron chi connectivity index (χ0n) is 11.2. The SMILES string of the molecule is O=Cc1ccccc1OCC(=O)NCc1ccc(F)cc1. The number of hydrogen-bond donors (Lipinski definition) is 1. The van der Waals surface area contributed by atoms with Crippen LogP contribution in [0.1, 0.15) is 15.9 Å². The smallest absolute Gasteiger partial charge is 0.258 e. The van der Waals surface area contributed by atoms with Gasteiger partial charge in [0.15, 0.2) is 12.9 Å². The maximum absolute atomic E-state index is 12.7. The zero-order valence-corrected chi connectivity index (χ0v) is 11.2. The van der Waals surface area contributed by atoms with E-state index in [1.165, 1.54) is 12.1 Å². The Morgan fingerprint density at radius 3 is 2.57 bits per heavy atom. The van der Waals surface area contributed by atoms with Gasteiger partial charge < -0.3 is 10.1 Å². The molecule has 0 saturated carbocycles. The summed E-state index contributed by atoms with van der Waals surface area (Å²) in [4.78, 5) is 22.5. The lowest BCUT2D eigenvalue weighted by Gasteiger charge is -2.09. The molecule has 0 aliphatic carbocycles. The molecule has 0 bridgehead atoms. The van der Waals surface area contributed by atoms with Gasteiger partial charge in [-0.3, -0.25) is 9.59 Å². The van der Waals surface area contributed by atoms with Crippen LogP contribution in [0, 0.1) is 5.82 Å². The van der Waals surface area contributed by atoms with Gasteiger partial charge in [0.1, 0.15) is 11.6 Å². The van der Waals surface area contributed by atoms with Crippen molar-refractivity contribution in [3.8, 4) is 5.75 Å². The molecule has 4 nitrogen and oxygen atoms in total. The normalized spacial score (nSPS) is 9.95. The van der Waals surface area contributed by atoms with Crippen LogP contribution in [-0.2, 0) is 11.3 Å². The number of benzene rings is 2. The molecule has 108 valence electrons. The summed E-state index contributed by atoms with van der Waals surface area (Å²) in [6.07, 6.45) is 0.672. The van der Waals surface area contributed by atoms with E-state index < -0.39 is 0 Å². The topological polar surface area (TPSA) is 55.4 Å². The summed E-state index contributed by atoms with van der Waals surface area (Å²) in [6.45, 7) is 0.101. The first-order chi connectivity index (χ1) is 10.2. The Bertz CT molecular complexity index is 626. The minimum Gasteiger partial charge on any atom is -0.483 e. The number of hydrogen-bond acceptors (Lipinski definition) is 3. The Hall–Kier alpha value is -2.69. The Kier molecular flexibility index (Phi) is 5.04. The van der Waals surface area contributed by atoms with E-state index in [9.17, 15) is 14.0 Å². The number of amides is 1. The fourth-order valence-electron chi connectivity index (χ4n) is 1.71. The number of carbonyl (C=O) groups is 2. The second-order valence-electron chi connectivity index (χ2n) is 4.35. The first-order valence-electron chi connectivity index (χ1n) is 6.37. The molecular formula is C16H14FNO3. The molecule has 1 amide bonds. The van der Waals surface area contributed by atoms with E-state index >= 15 is 0 Å². The average Bonchev–Trinajstić information content (AvgIpc) is 2.52. The van der Waals surface area contributed by atoms with Crippen molar-refractivity contribution in [2.45, 2.75) is 6.54 Å². The summed E-state index contributed by atoms with van der Waals surface area (Å²) < 4.78 is 18.0. The Labute approximate surface area is 121 Å². The van der Waals surface area contributed by atoms with Crippen LogP contribution in [0.15, 0.2) is 48.5 Å². The molecule has 0 fully saturated rings. The largest absolute Gasteiger partial charge is 0.483 e. The van der Waals surface area contributed by atoms with E-state index in [4.69, 9.17) is 4.74 Å². The van der Waals surface area contributed by atoms with Crippen LogP contribution >= 0.6 is 0 Å². The zero-order chi connectivity index (χ0) is 15.1. The van der Waals surface area contributed by atoms with Crippen LogP contribution in [0.4, 0.5) is 4.39 Å². The maximum atomic E-state index is 12.7. The standard InChI is InChI=1S/C16H14FNO3/c17-14-7-5-12(6-8-14)9-18-16(20)11-21-15-4-2-1-3-13(15)10-19/h1-8,10H,9,11H2,(H,18,20). The lowest BCUT2D eigenvalue weighted by Crippen LogP contribution is -2.28. The molecule has 2 aromatic carbocycles. The number of rotatable bonds is 6. The fourth-order valence-corrected chi connectivity index (χ4v) is 1.71. The van der Waals surface area contributed by atoms with E-state index in [1.54, 1.807) is 36.4 Å². The third-order valence-corrected chi connectivity index (χ3v) is 2.81. The van der Waals surface area contributed by atoms with Gasteiger partial charge in [0.2, 0.25) is 0 Å². The number of para-hydroxylation sites is 1. The van der Waals surface area contributed by atoms with Crippen molar-refractivity contribution < 1.29 is 18.7 Å². The quantitative estimate of drug-likeness (QED) is 0.830. The molecule has 0 saturated heterocycles. The van der Waals surface area contributed by atoms with E-state index in [1.807, 2.05) is 0 Å². The molecule has 0 aliphatic heterocycles. The van der Waals surface area contributed by atoms with Gasteiger partial charge in [0, 0.05) is 6.54 Å². The molecule has 0 atom stereocenters. The van der Waals surface area contributed by atoms with Crippen molar-refractivity contribution in [1.29, 1.82) is 0 Å². The van der Waals surface area contributed by atoms with E-state index in [0.717, 1.165) is 5.56 Å². The number of aldehydes is 1. The molecule has 21 heavy (non-hydrogen) atoms. The molecule has 2 rings (SSSR count). The van der Waals surface area contributed by atoms with E-state index in [-0.39, 0.29) is 24.9 Å². The average molecular weight is 287 g/mol. The summed E-state index contributed by atoms with van der Waals surface area (Å²) in [5.74, 6) is -0.275. The van der Waals surface area contributed by atoms with Gasteiger partial charge in [-0.15, -0.1) is 0 Å². The molecule has 1 N–H and O–H groups in total. The number of nitrogens with one attached hydrogen (secondary N) is 1. The van der Waals surface area contributed by atoms with E-state index in [0.29, 0.717) is 17.6 Å². The third kappa shape index (κ3) is 4.42. The number of halogens is 1. The van der Waals surface area contributed by atoms with Crippen LogP contribution in [-0.4, -0.2) is 18.8 Å². The van der Waals surface area contributed by atoms with Crippen LogP contribution in [0.3, 0.4) is 0 Å². The van der Waals surface area contributed by atoms with Gasteiger partial charge >= 0.3 is 0 Å². The molecule has 0 heterocycles. The van der Waals surface area contributed by atoms with Gasteiger partial charge in [-0.05, 0) is 29.8 Å². The molecule has 0 unspecified atom stereocenters. The first kappa shape index (κ1) is 14.7. The Morgan fingerprint density at radius 1 is 1.14 bits per heavy atom. The second-order valence-corrected chi connectivity index (χ2v) is 4.35. The van der Waals surface area contributed by atoms with E-state index in [2.05, 4.69) is 5.32 Å². The molecule has 2 aromatic rings. The lowest BCUT2D eigenvalue weighted by atomic mass is 10.2. The summed E-state index contributed by atoms with van der Waals surface area (Å²) in [5.41, 5.74) is 1.18. The number of carbonyl (C=O) groups excluding carboxylic acids is 2. The van der Waals surface area contributed by atoms with Gasteiger partial charge in [-0.1, -0.05) is 24.3 Å². The van der Waals surface area contributed by atoms with Crippen molar-refractivity contribution in [3.63, 3.8) is 0 Å². The Balaban J connectivity index is 1.82. The first-order valence-corrected chi connectivity index (χ1v) is 6.37. The molecule has 5 heteroatoms. The van der Waals surface area contributed by atoms with Gasteiger partial charge in [0.05, 0.1) is 5.56 Å². The van der Waals surface area contributed by atoms with Gasteiger partial charge in [-0.25, -0.2) is 4.39 Å². The van der Waals surface area contributed by atoms with Crippen LogP contribution in [0.25, 0.3) is 0 Å². The summed E-state index contributed by atoms with van der Waals surface area (Å²) >= 11 is 0. The minimum atomic E-state index is -0.320. The molecule has 0 spiro atoms. The fraction of sp³-hybridized carbons (Fsp3) is 0.125. The predicted octanol–water partition coefficient (Wildman–Crippen LogP) is 2.33. The van der Waals surface area contributed by atoms with Crippen LogP contribution in [0.2, 0.25) is 0 Å². The third-order valence-electron chi connectivity index (χ3n) is 2.81. The monoisotopic (exact) mass is 287 g/mol. The summed E-state index contributed by atoms with van der Waals surface area (Å²) in [7, 11) is 0. The highest BCUT2D eigenvalue weighted by Crippen LogP contribution is 2.15. The molecule has 0 aromatic heterocycles. The minimum absolute atomic E-state index is 0.188. The van der Waals surface area contributed by atoms with Crippen molar-refractivity contribution in [2.75, 3.05) is 6.61 Å². The highest BCUT2D eigenvalue weighted by molar-refractivity contribution is 5.80. The van der Waals surface area contributed by atoms with Gasteiger partial charge in [-0.2, -0.15) is 0 Å².